The largest absolute Gasteiger partial charge is 0.325 e. The Labute approximate surface area is 179 Å². The lowest BCUT2D eigenvalue weighted by Crippen LogP contribution is -2.16. The van der Waals surface area contributed by atoms with E-state index in [-0.39, 0.29) is 11.7 Å². The monoisotopic (exact) mass is 423 g/mol. The van der Waals surface area contributed by atoms with Crippen molar-refractivity contribution in [3.05, 3.63) is 65.3 Å². The number of hydrogen-bond acceptors (Lipinski definition) is 3. The number of pyridine rings is 2. The third kappa shape index (κ3) is 3.91. The van der Waals surface area contributed by atoms with Gasteiger partial charge in [-0.2, -0.15) is 0 Å². The summed E-state index contributed by atoms with van der Waals surface area (Å²) in [4.78, 5) is 20.8. The van der Waals surface area contributed by atoms with Gasteiger partial charge in [-0.3, -0.25) is 9.78 Å². The van der Waals surface area contributed by atoms with Crippen molar-refractivity contribution < 1.29 is 9.18 Å². The van der Waals surface area contributed by atoms with Gasteiger partial charge in [0, 0.05) is 18.0 Å². The van der Waals surface area contributed by atoms with E-state index < -0.39 is 0 Å². The maximum atomic E-state index is 13.8. The molecule has 3 aromatic rings. The number of amides is 1. The SMILES string of the molecule is O=C(CC1CC2CC(c3ccnc4ccc(F)cc34)C[C@H]2C1)Nc1ccc(Cl)nc1. The molecule has 2 aliphatic rings. The van der Waals surface area contributed by atoms with E-state index in [0.717, 1.165) is 36.6 Å². The van der Waals surface area contributed by atoms with Crippen molar-refractivity contribution >= 4 is 34.1 Å². The van der Waals surface area contributed by atoms with E-state index >= 15 is 0 Å². The minimum absolute atomic E-state index is 0.0382. The number of nitrogens with one attached hydrogen (secondary N) is 1. The number of benzene rings is 1. The van der Waals surface area contributed by atoms with Crippen LogP contribution in [0.3, 0.4) is 0 Å². The highest BCUT2D eigenvalue weighted by atomic mass is 35.5. The van der Waals surface area contributed by atoms with Crippen molar-refractivity contribution in [1.29, 1.82) is 0 Å². The van der Waals surface area contributed by atoms with Crippen molar-refractivity contribution in [3.8, 4) is 0 Å². The molecule has 3 unspecified atom stereocenters. The van der Waals surface area contributed by atoms with Gasteiger partial charge in [0.1, 0.15) is 11.0 Å². The lowest BCUT2D eigenvalue weighted by Gasteiger charge is -2.17. The van der Waals surface area contributed by atoms with Gasteiger partial charge in [0.05, 0.1) is 17.4 Å². The molecule has 4 atom stereocenters. The molecule has 4 nitrogen and oxygen atoms in total. The van der Waals surface area contributed by atoms with Crippen molar-refractivity contribution in [2.75, 3.05) is 5.32 Å². The van der Waals surface area contributed by atoms with E-state index in [1.54, 1.807) is 30.5 Å². The molecule has 2 fully saturated rings. The van der Waals surface area contributed by atoms with Gasteiger partial charge in [-0.05, 0) is 91.3 Å². The zero-order valence-corrected chi connectivity index (χ0v) is 17.3. The van der Waals surface area contributed by atoms with Gasteiger partial charge in [-0.15, -0.1) is 0 Å². The average Bonchev–Trinajstić information content (AvgIpc) is 3.27. The van der Waals surface area contributed by atoms with Crippen molar-refractivity contribution in [1.82, 2.24) is 9.97 Å². The fourth-order valence-electron chi connectivity index (χ4n) is 5.58. The van der Waals surface area contributed by atoms with Crippen LogP contribution in [0, 0.1) is 23.6 Å². The normalized spacial score (nSPS) is 25.4. The summed E-state index contributed by atoms with van der Waals surface area (Å²) in [6.07, 6.45) is 8.36. The molecule has 1 aromatic carbocycles. The van der Waals surface area contributed by atoms with Gasteiger partial charge in [0.25, 0.3) is 0 Å². The minimum Gasteiger partial charge on any atom is -0.325 e. The van der Waals surface area contributed by atoms with E-state index in [2.05, 4.69) is 21.4 Å². The van der Waals surface area contributed by atoms with Crippen LogP contribution in [0.25, 0.3) is 10.9 Å². The Kier molecular flexibility index (Phi) is 5.15. The second-order valence-electron chi connectivity index (χ2n) is 8.71. The highest BCUT2D eigenvalue weighted by Gasteiger charge is 2.42. The third-order valence-electron chi connectivity index (χ3n) is 6.78. The number of fused-ring (bicyclic) bond motifs is 2. The zero-order chi connectivity index (χ0) is 20.7. The van der Waals surface area contributed by atoms with Crippen LogP contribution in [0.2, 0.25) is 5.15 Å². The number of anilines is 1. The number of halogens is 2. The maximum Gasteiger partial charge on any atom is 0.224 e. The summed E-state index contributed by atoms with van der Waals surface area (Å²) in [7, 11) is 0. The second-order valence-corrected chi connectivity index (χ2v) is 9.10. The molecule has 6 heteroatoms. The van der Waals surface area contributed by atoms with Crippen LogP contribution in [-0.4, -0.2) is 15.9 Å². The molecule has 30 heavy (non-hydrogen) atoms. The molecule has 5 rings (SSSR count). The van der Waals surface area contributed by atoms with Crippen LogP contribution in [0.15, 0.2) is 48.8 Å². The summed E-state index contributed by atoms with van der Waals surface area (Å²) >= 11 is 5.79. The number of hydrogen-bond donors (Lipinski definition) is 1. The number of carbonyl (C=O) groups excluding carboxylic acids is 1. The van der Waals surface area contributed by atoms with E-state index in [0.29, 0.717) is 40.9 Å². The molecule has 0 saturated heterocycles. The standard InChI is InChI=1S/C24H23ClFN3O/c25-23-4-2-19(13-28-23)29-24(30)9-14-7-15-10-17(11-16(15)8-14)20-5-6-27-22-3-1-18(26)12-21(20)22/h1-6,12-17H,7-11H2,(H,29,30)/t14?,15-,16?,17?/m1/s1. The first kappa shape index (κ1) is 19.4. The highest BCUT2D eigenvalue weighted by molar-refractivity contribution is 6.29. The van der Waals surface area contributed by atoms with Crippen LogP contribution >= 0.6 is 11.6 Å². The van der Waals surface area contributed by atoms with Gasteiger partial charge >= 0.3 is 0 Å². The zero-order valence-electron chi connectivity index (χ0n) is 16.5. The van der Waals surface area contributed by atoms with Gasteiger partial charge in [-0.25, -0.2) is 9.37 Å². The van der Waals surface area contributed by atoms with Crippen molar-refractivity contribution in [2.45, 2.75) is 38.0 Å². The summed E-state index contributed by atoms with van der Waals surface area (Å²) in [5.41, 5.74) is 2.76. The van der Waals surface area contributed by atoms with Crippen LogP contribution in [-0.2, 0) is 4.79 Å². The lowest BCUT2D eigenvalue weighted by molar-refractivity contribution is -0.117. The molecule has 0 spiro atoms. The maximum absolute atomic E-state index is 13.8. The molecule has 2 aliphatic carbocycles. The Morgan fingerprint density at radius 1 is 1.07 bits per heavy atom. The lowest BCUT2D eigenvalue weighted by atomic mass is 9.89. The van der Waals surface area contributed by atoms with Crippen LogP contribution in [0.5, 0.6) is 0 Å². The molecule has 0 aliphatic heterocycles. The first-order valence-electron chi connectivity index (χ1n) is 10.5. The molecule has 2 aromatic heterocycles. The highest BCUT2D eigenvalue weighted by Crippen LogP contribution is 2.53. The van der Waals surface area contributed by atoms with Crippen LogP contribution < -0.4 is 5.32 Å². The summed E-state index contributed by atoms with van der Waals surface area (Å²) in [5.74, 6) is 1.98. The quantitative estimate of drug-likeness (QED) is 0.526. The Balaban J connectivity index is 1.21. The van der Waals surface area contributed by atoms with E-state index in [9.17, 15) is 9.18 Å². The number of carbonyl (C=O) groups is 1. The average molecular weight is 424 g/mol. The second kappa shape index (κ2) is 7.95. The van der Waals surface area contributed by atoms with E-state index in [1.165, 1.54) is 11.6 Å². The number of nitrogens with zero attached hydrogens (tertiary/aromatic N) is 2. The third-order valence-corrected chi connectivity index (χ3v) is 7.00. The van der Waals surface area contributed by atoms with E-state index in [4.69, 9.17) is 11.6 Å². The van der Waals surface area contributed by atoms with Crippen molar-refractivity contribution in [3.63, 3.8) is 0 Å². The summed E-state index contributed by atoms with van der Waals surface area (Å²) in [5, 5.41) is 4.27. The fourth-order valence-corrected chi connectivity index (χ4v) is 5.69. The predicted molar refractivity (Wildman–Crippen MR) is 116 cm³/mol. The Hall–Kier alpha value is -2.53. The Morgan fingerprint density at radius 2 is 1.87 bits per heavy atom. The molecule has 0 bridgehead atoms. The molecular weight excluding hydrogens is 401 g/mol. The Morgan fingerprint density at radius 3 is 2.60 bits per heavy atom. The summed E-state index contributed by atoms with van der Waals surface area (Å²) in [6.45, 7) is 0. The molecule has 1 N–H and O–H groups in total. The summed E-state index contributed by atoms with van der Waals surface area (Å²) in [6, 6.07) is 10.3. The number of aromatic nitrogens is 2. The molecule has 2 heterocycles. The molecule has 0 radical (unpaired) electrons. The van der Waals surface area contributed by atoms with Crippen molar-refractivity contribution in [2.24, 2.45) is 17.8 Å². The van der Waals surface area contributed by atoms with Gasteiger partial charge in [0.2, 0.25) is 5.91 Å². The van der Waals surface area contributed by atoms with Gasteiger partial charge < -0.3 is 5.32 Å². The van der Waals surface area contributed by atoms with Crippen LogP contribution in [0.4, 0.5) is 10.1 Å². The Bertz CT molecular complexity index is 1070. The van der Waals surface area contributed by atoms with Gasteiger partial charge in [0.15, 0.2) is 0 Å². The molecular formula is C24H23ClFN3O. The predicted octanol–water partition coefficient (Wildman–Crippen LogP) is 5.97. The molecule has 1 amide bonds. The first-order chi connectivity index (χ1) is 14.5. The minimum atomic E-state index is -0.211. The fraction of sp³-hybridized carbons (Fsp3) is 0.375. The smallest absolute Gasteiger partial charge is 0.224 e. The van der Waals surface area contributed by atoms with Gasteiger partial charge in [-0.1, -0.05) is 11.6 Å². The molecule has 154 valence electrons. The first-order valence-corrected chi connectivity index (χ1v) is 10.9. The van der Waals surface area contributed by atoms with Crippen LogP contribution in [0.1, 0.15) is 43.6 Å². The molecule has 2 saturated carbocycles. The summed E-state index contributed by atoms with van der Waals surface area (Å²) < 4.78 is 13.8. The van der Waals surface area contributed by atoms with E-state index in [1.807, 2.05) is 6.20 Å². The number of rotatable bonds is 4. The topological polar surface area (TPSA) is 54.9 Å².